The van der Waals surface area contributed by atoms with Crippen LogP contribution in [0.2, 0.25) is 0 Å². The smallest absolute Gasteiger partial charge is 0.311 e. The molecule has 0 fully saturated rings. The lowest BCUT2D eigenvalue weighted by Crippen LogP contribution is -2.12. The molecule has 2 aromatic heterocycles. The maximum absolute atomic E-state index is 11.0. The number of nitrogens with two attached hydrogens (primary N) is 1. The lowest BCUT2D eigenvalue weighted by molar-refractivity contribution is -0.384. The van der Waals surface area contributed by atoms with E-state index in [1.807, 2.05) is 13.8 Å². The lowest BCUT2D eigenvalue weighted by atomic mass is 10.1. The molecule has 0 aromatic carbocycles. The van der Waals surface area contributed by atoms with Crippen LogP contribution in [-0.4, -0.2) is 15.1 Å². The van der Waals surface area contributed by atoms with E-state index in [2.05, 4.69) is 15.5 Å². The number of nitrogens with zero attached hydrogens (tertiary/aromatic N) is 3. The quantitative estimate of drug-likeness (QED) is 0.649. The van der Waals surface area contributed by atoms with Crippen LogP contribution < -0.4 is 11.1 Å². The number of aromatic nitrogens is 2. The van der Waals surface area contributed by atoms with Crippen LogP contribution in [-0.2, 0) is 0 Å². The van der Waals surface area contributed by atoms with Gasteiger partial charge < -0.3 is 15.6 Å². The number of aryl methyl sites for hydroxylation is 2. The highest BCUT2D eigenvalue weighted by molar-refractivity contribution is 5.60. The van der Waals surface area contributed by atoms with Gasteiger partial charge in [-0.1, -0.05) is 5.16 Å². The van der Waals surface area contributed by atoms with Crippen LogP contribution in [0.3, 0.4) is 0 Å². The molecule has 2 heterocycles. The summed E-state index contributed by atoms with van der Waals surface area (Å²) < 4.78 is 5.09. The summed E-state index contributed by atoms with van der Waals surface area (Å²) in [6.07, 6.45) is 0. The molecule has 0 bridgehead atoms. The van der Waals surface area contributed by atoms with Gasteiger partial charge in [0.15, 0.2) is 0 Å². The predicted molar refractivity (Wildman–Crippen MR) is 73.3 cm³/mol. The minimum absolute atomic E-state index is 0.127. The number of nitro groups is 1. The van der Waals surface area contributed by atoms with Crippen LogP contribution in [0.15, 0.2) is 16.7 Å². The minimum atomic E-state index is -0.505. The summed E-state index contributed by atoms with van der Waals surface area (Å²) in [5, 5.41) is 17.8. The van der Waals surface area contributed by atoms with E-state index in [4.69, 9.17) is 10.3 Å². The number of pyridine rings is 1. The molecule has 0 aliphatic heterocycles. The standard InChI is InChI=1S/C12H15N5O3/c1-6(11-7(2)16-20-8(11)3)14-12-9(17(18)19)4-5-10(13)15-12/h4-6H,1-3H3,(H3,13,14,15). The molecule has 0 saturated carbocycles. The highest BCUT2D eigenvalue weighted by Gasteiger charge is 2.21. The Balaban J connectivity index is 2.35. The van der Waals surface area contributed by atoms with Gasteiger partial charge in [-0.05, 0) is 26.8 Å². The van der Waals surface area contributed by atoms with Crippen molar-refractivity contribution in [2.75, 3.05) is 11.1 Å². The van der Waals surface area contributed by atoms with Crippen molar-refractivity contribution in [2.45, 2.75) is 26.8 Å². The Hall–Kier alpha value is -2.64. The predicted octanol–water partition coefficient (Wildman–Crippen LogP) is 2.35. The van der Waals surface area contributed by atoms with Crippen LogP contribution in [0.1, 0.15) is 30.0 Å². The normalized spacial score (nSPS) is 12.2. The Bertz CT molecular complexity index is 633. The second-order valence-electron chi connectivity index (χ2n) is 4.46. The Morgan fingerprint density at radius 3 is 2.70 bits per heavy atom. The van der Waals surface area contributed by atoms with Crippen LogP contribution in [0.5, 0.6) is 0 Å². The number of hydrogen-bond donors (Lipinski definition) is 2. The number of hydrogen-bond acceptors (Lipinski definition) is 7. The zero-order valence-corrected chi connectivity index (χ0v) is 11.4. The Morgan fingerprint density at radius 2 is 2.15 bits per heavy atom. The average Bonchev–Trinajstić information content (AvgIpc) is 2.68. The summed E-state index contributed by atoms with van der Waals surface area (Å²) in [4.78, 5) is 14.5. The van der Waals surface area contributed by atoms with Gasteiger partial charge in [-0.25, -0.2) is 4.98 Å². The summed E-state index contributed by atoms with van der Waals surface area (Å²) >= 11 is 0. The van der Waals surface area contributed by atoms with Crippen LogP contribution in [0, 0.1) is 24.0 Å². The first-order chi connectivity index (χ1) is 9.40. The summed E-state index contributed by atoms with van der Waals surface area (Å²) in [5.41, 5.74) is 7.03. The molecule has 8 nitrogen and oxygen atoms in total. The van der Waals surface area contributed by atoms with Crippen molar-refractivity contribution in [1.82, 2.24) is 10.1 Å². The molecule has 106 valence electrons. The molecule has 3 N–H and O–H groups in total. The Labute approximate surface area is 115 Å². The van der Waals surface area contributed by atoms with E-state index in [0.717, 1.165) is 11.3 Å². The van der Waals surface area contributed by atoms with Crippen LogP contribution >= 0.6 is 0 Å². The molecular formula is C12H15N5O3. The molecule has 1 atom stereocenters. The number of rotatable bonds is 4. The number of anilines is 2. The van der Waals surface area contributed by atoms with E-state index in [9.17, 15) is 10.1 Å². The van der Waals surface area contributed by atoms with E-state index >= 15 is 0 Å². The lowest BCUT2D eigenvalue weighted by Gasteiger charge is -2.14. The zero-order chi connectivity index (χ0) is 14.9. The van der Waals surface area contributed by atoms with Crippen molar-refractivity contribution in [1.29, 1.82) is 0 Å². The van der Waals surface area contributed by atoms with Crippen molar-refractivity contribution >= 4 is 17.3 Å². The Morgan fingerprint density at radius 1 is 1.45 bits per heavy atom. The summed E-state index contributed by atoms with van der Waals surface area (Å²) in [6.45, 7) is 5.45. The van der Waals surface area contributed by atoms with Gasteiger partial charge in [-0.2, -0.15) is 0 Å². The number of nitrogen functional groups attached to an aromatic ring is 1. The van der Waals surface area contributed by atoms with Crippen molar-refractivity contribution in [3.63, 3.8) is 0 Å². The molecule has 0 spiro atoms. The van der Waals surface area contributed by atoms with Gasteiger partial charge in [-0.3, -0.25) is 10.1 Å². The summed E-state index contributed by atoms with van der Waals surface area (Å²) in [6, 6.07) is 2.48. The molecule has 1 unspecified atom stereocenters. The molecule has 0 amide bonds. The zero-order valence-electron chi connectivity index (χ0n) is 11.4. The SMILES string of the molecule is Cc1noc(C)c1C(C)Nc1nc(N)ccc1[N+](=O)[O-]. The van der Waals surface area contributed by atoms with Gasteiger partial charge in [0.2, 0.25) is 5.82 Å². The first-order valence-electron chi connectivity index (χ1n) is 6.00. The fraction of sp³-hybridized carbons (Fsp3) is 0.333. The highest BCUT2D eigenvalue weighted by Crippen LogP contribution is 2.29. The summed E-state index contributed by atoms with van der Waals surface area (Å²) in [5.74, 6) is 1.00. The average molecular weight is 277 g/mol. The maximum atomic E-state index is 11.0. The largest absolute Gasteiger partial charge is 0.384 e. The van der Waals surface area contributed by atoms with Crippen LogP contribution in [0.25, 0.3) is 0 Å². The van der Waals surface area contributed by atoms with Crippen molar-refractivity contribution in [3.8, 4) is 0 Å². The molecule has 20 heavy (non-hydrogen) atoms. The molecule has 0 aliphatic carbocycles. The van der Waals surface area contributed by atoms with Gasteiger partial charge >= 0.3 is 5.69 Å². The molecule has 0 radical (unpaired) electrons. The van der Waals surface area contributed by atoms with E-state index < -0.39 is 4.92 Å². The van der Waals surface area contributed by atoms with Gasteiger partial charge in [0.25, 0.3) is 0 Å². The van der Waals surface area contributed by atoms with Gasteiger partial charge in [0, 0.05) is 11.6 Å². The highest BCUT2D eigenvalue weighted by atomic mass is 16.6. The van der Waals surface area contributed by atoms with Gasteiger partial charge in [-0.15, -0.1) is 0 Å². The third-order valence-corrected chi connectivity index (χ3v) is 2.97. The Kier molecular flexibility index (Phi) is 3.55. The third-order valence-electron chi connectivity index (χ3n) is 2.97. The third kappa shape index (κ3) is 2.53. The van der Waals surface area contributed by atoms with Crippen molar-refractivity contribution in [2.24, 2.45) is 0 Å². The fourth-order valence-corrected chi connectivity index (χ4v) is 2.11. The van der Waals surface area contributed by atoms with Gasteiger partial charge in [0.1, 0.15) is 11.6 Å². The molecule has 2 aromatic rings. The summed E-state index contributed by atoms with van der Waals surface area (Å²) in [7, 11) is 0. The fourth-order valence-electron chi connectivity index (χ4n) is 2.11. The second kappa shape index (κ2) is 5.16. The number of nitrogens with one attached hydrogen (secondary N) is 1. The van der Waals surface area contributed by atoms with Crippen molar-refractivity contribution < 1.29 is 9.45 Å². The van der Waals surface area contributed by atoms with Gasteiger partial charge in [0.05, 0.1) is 16.7 Å². The molecule has 8 heteroatoms. The van der Waals surface area contributed by atoms with Crippen LogP contribution in [0.4, 0.5) is 17.3 Å². The topological polar surface area (TPSA) is 120 Å². The van der Waals surface area contributed by atoms with Crippen molar-refractivity contribution in [3.05, 3.63) is 39.3 Å². The molecular weight excluding hydrogens is 262 g/mol. The maximum Gasteiger partial charge on any atom is 0.311 e. The van der Waals surface area contributed by atoms with E-state index in [-0.39, 0.29) is 23.4 Å². The van der Waals surface area contributed by atoms with E-state index in [0.29, 0.717) is 5.76 Å². The molecule has 2 rings (SSSR count). The molecule has 0 saturated heterocycles. The minimum Gasteiger partial charge on any atom is -0.384 e. The first-order valence-corrected chi connectivity index (χ1v) is 6.00. The first kappa shape index (κ1) is 13.8. The van der Waals surface area contributed by atoms with E-state index in [1.54, 1.807) is 6.92 Å². The second-order valence-corrected chi connectivity index (χ2v) is 4.46. The molecule has 0 aliphatic rings. The monoisotopic (exact) mass is 277 g/mol. The van der Waals surface area contributed by atoms with E-state index in [1.165, 1.54) is 12.1 Å².